The van der Waals surface area contributed by atoms with Gasteiger partial charge in [-0.3, -0.25) is 4.63 Å². The van der Waals surface area contributed by atoms with Crippen molar-refractivity contribution in [1.82, 2.24) is 5.16 Å². The van der Waals surface area contributed by atoms with Gasteiger partial charge >= 0.3 is 0 Å². The Kier molecular flexibility index (Phi) is 1.86. The summed E-state index contributed by atoms with van der Waals surface area (Å²) in [6.45, 7) is 0. The van der Waals surface area contributed by atoms with Gasteiger partial charge in [-0.2, -0.15) is 0 Å². The van der Waals surface area contributed by atoms with Gasteiger partial charge in [-0.25, -0.2) is 8.42 Å². The Bertz CT molecular complexity index is 591. The van der Waals surface area contributed by atoms with E-state index < -0.39 is 9.05 Å². The van der Waals surface area contributed by atoms with Crippen LogP contribution in [0.2, 0.25) is 0 Å². The molecule has 0 spiro atoms. The largest absolute Gasteiger partial charge is 0.359 e. The van der Waals surface area contributed by atoms with Crippen molar-refractivity contribution < 1.29 is 17.9 Å². The Morgan fingerprint density at radius 3 is 2.86 bits per heavy atom. The second kappa shape index (κ2) is 2.82. The highest BCUT2D eigenvalue weighted by molar-refractivity contribution is 8.13. The third kappa shape index (κ3) is 1.40. The molecule has 0 fully saturated rings. The number of nitrogens with zero attached hydrogens (tertiary/aromatic N) is 2. The van der Waals surface area contributed by atoms with Crippen molar-refractivity contribution in [3.63, 3.8) is 0 Å². The predicted octanol–water partition coefficient (Wildman–Crippen LogP) is 0.389. The van der Waals surface area contributed by atoms with Crippen LogP contribution in [0.3, 0.4) is 0 Å². The van der Waals surface area contributed by atoms with Gasteiger partial charge in [0, 0.05) is 21.9 Å². The maximum Gasteiger partial charge on any atom is 0.261 e. The number of fused-ring (bicyclic) bond motifs is 1. The zero-order chi connectivity index (χ0) is 10.3. The number of rotatable bonds is 1. The van der Waals surface area contributed by atoms with Gasteiger partial charge < -0.3 is 5.21 Å². The van der Waals surface area contributed by atoms with E-state index >= 15 is 0 Å². The van der Waals surface area contributed by atoms with Crippen molar-refractivity contribution in [1.29, 1.82) is 0 Å². The van der Waals surface area contributed by atoms with Crippen molar-refractivity contribution in [2.45, 2.75) is 4.90 Å². The lowest BCUT2D eigenvalue weighted by Gasteiger charge is -1.92. The van der Waals surface area contributed by atoms with Crippen molar-refractivity contribution in [3.05, 3.63) is 23.4 Å². The predicted molar refractivity (Wildman–Crippen MR) is 46.0 cm³/mol. The SMILES string of the molecule is O=S(=O)(Cl)c1ccc2no[n+]([O-])c2c1. The van der Waals surface area contributed by atoms with Gasteiger partial charge in [0.2, 0.25) is 11.0 Å². The molecular weight excluding hydrogens is 232 g/mol. The standard InChI is InChI=1S/C6H3ClN2O4S/c7-14(11,12)4-1-2-5-6(3-4)9(10)13-8-5/h1-3H. The molecule has 0 radical (unpaired) electrons. The lowest BCUT2D eigenvalue weighted by molar-refractivity contribution is -0.782. The van der Waals surface area contributed by atoms with Gasteiger partial charge in [-0.05, 0) is 17.0 Å². The van der Waals surface area contributed by atoms with Gasteiger partial charge in [0.15, 0.2) is 0 Å². The molecule has 14 heavy (non-hydrogen) atoms. The first-order valence-electron chi connectivity index (χ1n) is 3.42. The highest BCUT2D eigenvalue weighted by atomic mass is 35.7. The first kappa shape index (κ1) is 9.22. The molecule has 74 valence electrons. The summed E-state index contributed by atoms with van der Waals surface area (Å²) in [5.41, 5.74) is 0.288. The molecule has 0 aliphatic rings. The van der Waals surface area contributed by atoms with Gasteiger partial charge in [0.05, 0.1) is 4.90 Å². The van der Waals surface area contributed by atoms with Gasteiger partial charge in [-0.1, -0.05) is 0 Å². The van der Waals surface area contributed by atoms with E-state index in [0.717, 1.165) is 6.07 Å². The van der Waals surface area contributed by atoms with Crippen LogP contribution in [0.4, 0.5) is 0 Å². The molecule has 0 unspecified atom stereocenters. The Labute approximate surface area is 82.6 Å². The summed E-state index contributed by atoms with van der Waals surface area (Å²) >= 11 is 0. The van der Waals surface area contributed by atoms with E-state index in [0.29, 0.717) is 0 Å². The van der Waals surface area contributed by atoms with Gasteiger partial charge in [0.25, 0.3) is 9.05 Å². The summed E-state index contributed by atoms with van der Waals surface area (Å²) in [6, 6.07) is 3.68. The topological polar surface area (TPSA) is 87.1 Å². The molecular formula is C6H3ClN2O4S. The normalized spacial score (nSPS) is 12.1. The molecule has 0 saturated carbocycles. The zero-order valence-corrected chi connectivity index (χ0v) is 8.12. The highest BCUT2D eigenvalue weighted by Crippen LogP contribution is 2.18. The average molecular weight is 235 g/mol. The second-order valence-corrected chi connectivity index (χ2v) is 5.08. The van der Waals surface area contributed by atoms with Crippen LogP contribution >= 0.6 is 10.7 Å². The van der Waals surface area contributed by atoms with Crippen LogP contribution in [-0.2, 0) is 9.05 Å². The number of benzene rings is 1. The maximum absolute atomic E-state index is 10.9. The highest BCUT2D eigenvalue weighted by Gasteiger charge is 2.15. The second-order valence-electron chi connectivity index (χ2n) is 2.52. The Balaban J connectivity index is 2.79. The van der Waals surface area contributed by atoms with Crippen LogP contribution in [-0.4, -0.2) is 13.6 Å². The Hall–Kier alpha value is -1.34. The molecule has 2 aromatic rings. The minimum absolute atomic E-state index is 0.0201. The van der Waals surface area contributed by atoms with Gasteiger partial charge in [-0.15, -0.1) is 0 Å². The van der Waals surface area contributed by atoms with Crippen molar-refractivity contribution >= 4 is 30.8 Å². The Morgan fingerprint density at radius 1 is 1.50 bits per heavy atom. The summed E-state index contributed by atoms with van der Waals surface area (Å²) in [5, 5.41) is 14.3. The number of hydrogen-bond donors (Lipinski definition) is 0. The van der Waals surface area contributed by atoms with Gasteiger partial charge in [0.1, 0.15) is 0 Å². The third-order valence-electron chi connectivity index (χ3n) is 1.64. The molecule has 0 amide bonds. The monoisotopic (exact) mass is 234 g/mol. The first-order valence-corrected chi connectivity index (χ1v) is 5.73. The van der Waals surface area contributed by atoms with Crippen molar-refractivity contribution in [2.75, 3.05) is 0 Å². The summed E-state index contributed by atoms with van der Waals surface area (Å²) in [4.78, 5) is -0.0552. The van der Waals surface area contributed by atoms with E-state index in [2.05, 4.69) is 9.79 Å². The average Bonchev–Trinajstić information content (AvgIpc) is 2.46. The lowest BCUT2D eigenvalue weighted by atomic mass is 10.3. The molecule has 6 nitrogen and oxygen atoms in total. The maximum atomic E-state index is 10.9. The van der Waals surface area contributed by atoms with E-state index in [-0.39, 0.29) is 20.8 Å². The van der Waals surface area contributed by atoms with E-state index in [9.17, 15) is 13.6 Å². The minimum atomic E-state index is -3.84. The molecule has 0 bridgehead atoms. The molecule has 0 aliphatic heterocycles. The van der Waals surface area contributed by atoms with Crippen LogP contribution < -0.4 is 4.90 Å². The summed E-state index contributed by atoms with van der Waals surface area (Å²) in [5.74, 6) is 0. The van der Waals surface area contributed by atoms with E-state index in [1.807, 2.05) is 0 Å². The number of halogens is 1. The smallest absolute Gasteiger partial charge is 0.261 e. The summed E-state index contributed by atoms with van der Waals surface area (Å²) in [7, 11) is 1.25. The van der Waals surface area contributed by atoms with Crippen molar-refractivity contribution in [3.8, 4) is 0 Å². The van der Waals surface area contributed by atoms with Crippen LogP contribution in [0.5, 0.6) is 0 Å². The number of aromatic nitrogens is 2. The molecule has 2 rings (SSSR count). The summed E-state index contributed by atoms with van der Waals surface area (Å²) in [6.07, 6.45) is 0. The fourth-order valence-corrected chi connectivity index (χ4v) is 1.77. The molecule has 1 heterocycles. The molecule has 0 N–H and O–H groups in total. The summed E-state index contributed by atoms with van der Waals surface area (Å²) < 4.78 is 26.1. The van der Waals surface area contributed by atoms with Crippen molar-refractivity contribution in [2.24, 2.45) is 0 Å². The Morgan fingerprint density at radius 2 is 2.21 bits per heavy atom. The first-order chi connectivity index (χ1) is 6.48. The van der Waals surface area contributed by atoms with Crippen LogP contribution in [0.1, 0.15) is 0 Å². The molecule has 0 aliphatic carbocycles. The van der Waals surface area contributed by atoms with Crippen LogP contribution in [0.25, 0.3) is 11.0 Å². The number of hydrogen-bond acceptors (Lipinski definition) is 5. The third-order valence-corrected chi connectivity index (χ3v) is 2.99. The van der Waals surface area contributed by atoms with Crippen LogP contribution in [0, 0.1) is 5.21 Å². The molecule has 0 saturated heterocycles. The van der Waals surface area contributed by atoms with Crippen LogP contribution in [0.15, 0.2) is 27.7 Å². The van der Waals surface area contributed by atoms with E-state index in [1.54, 1.807) is 0 Å². The minimum Gasteiger partial charge on any atom is -0.359 e. The molecule has 0 atom stereocenters. The van der Waals surface area contributed by atoms with E-state index in [1.165, 1.54) is 12.1 Å². The quantitative estimate of drug-likeness (QED) is 0.526. The van der Waals surface area contributed by atoms with E-state index in [4.69, 9.17) is 10.7 Å². The fraction of sp³-hybridized carbons (Fsp3) is 0. The fourth-order valence-electron chi connectivity index (χ4n) is 1.00. The zero-order valence-electron chi connectivity index (χ0n) is 6.55. The molecule has 8 heteroatoms. The molecule has 1 aromatic carbocycles. The lowest BCUT2D eigenvalue weighted by Crippen LogP contribution is -2.22. The molecule has 1 aromatic heterocycles.